The van der Waals surface area contributed by atoms with Gasteiger partial charge in [-0.2, -0.15) is 5.26 Å². The molecule has 0 saturated carbocycles. The third-order valence-electron chi connectivity index (χ3n) is 4.54. The molecule has 1 aromatic carbocycles. The second-order valence-corrected chi connectivity index (χ2v) is 5.84. The van der Waals surface area contributed by atoms with Gasteiger partial charge in [0.15, 0.2) is 6.19 Å². The fraction of sp³-hybridized carbons (Fsp3) is 0.533. The first-order valence-electron chi connectivity index (χ1n) is 6.40. The minimum atomic E-state index is 0.270. The number of hydrogen-bond donors (Lipinski definition) is 0. The number of fused-ring (bicyclic) bond motifs is 4. The lowest BCUT2D eigenvalue weighted by Gasteiger charge is -2.51. The van der Waals surface area contributed by atoms with Crippen LogP contribution in [0.4, 0.5) is 0 Å². The van der Waals surface area contributed by atoms with Gasteiger partial charge in [0.1, 0.15) is 0 Å². The fourth-order valence-electron chi connectivity index (χ4n) is 3.92. The van der Waals surface area contributed by atoms with Crippen LogP contribution in [0, 0.1) is 11.5 Å². The zero-order valence-electron chi connectivity index (χ0n) is 10.5. The van der Waals surface area contributed by atoms with Gasteiger partial charge in [0.05, 0.1) is 0 Å². The van der Waals surface area contributed by atoms with Crippen molar-refractivity contribution in [2.75, 3.05) is 0 Å². The quantitative estimate of drug-likeness (QED) is 0.636. The Labute approximate surface area is 103 Å². The summed E-state index contributed by atoms with van der Waals surface area (Å²) in [5, 5.41) is 9.28. The van der Waals surface area contributed by atoms with Gasteiger partial charge in [-0.3, -0.25) is 0 Å². The van der Waals surface area contributed by atoms with E-state index in [-0.39, 0.29) is 5.41 Å². The normalized spacial score (nSPS) is 35.0. The van der Waals surface area contributed by atoms with E-state index in [2.05, 4.69) is 44.3 Å². The first-order chi connectivity index (χ1) is 8.14. The summed E-state index contributed by atoms with van der Waals surface area (Å²) in [6, 6.07) is 9.54. The van der Waals surface area contributed by atoms with E-state index in [1.54, 1.807) is 0 Å². The summed E-state index contributed by atoms with van der Waals surface area (Å²) in [7, 11) is 0. The highest BCUT2D eigenvalue weighted by Crippen LogP contribution is 2.46. The molecule has 88 valence electrons. The molecule has 0 N–H and O–H groups in total. The van der Waals surface area contributed by atoms with E-state index < -0.39 is 0 Å². The van der Waals surface area contributed by atoms with E-state index in [0.29, 0.717) is 12.1 Å². The largest absolute Gasteiger partial charge is 0.304 e. The number of benzene rings is 1. The zero-order chi connectivity index (χ0) is 12.0. The van der Waals surface area contributed by atoms with E-state index >= 15 is 0 Å². The van der Waals surface area contributed by atoms with Crippen LogP contribution in [0.3, 0.4) is 0 Å². The van der Waals surface area contributed by atoms with Gasteiger partial charge in [-0.05, 0) is 42.7 Å². The summed E-state index contributed by atoms with van der Waals surface area (Å²) in [5.41, 5.74) is 3.23. The van der Waals surface area contributed by atoms with Crippen LogP contribution in [0.15, 0.2) is 24.3 Å². The third kappa shape index (κ3) is 1.45. The average molecular weight is 226 g/mol. The zero-order valence-corrected chi connectivity index (χ0v) is 10.5. The Kier molecular flexibility index (Phi) is 2.19. The Bertz CT molecular complexity index is 488. The molecule has 1 aliphatic heterocycles. The molecular formula is C15H18N2. The van der Waals surface area contributed by atoms with Crippen LogP contribution in [0.1, 0.15) is 37.8 Å². The standard InChI is InChI=1S/C15H18N2/c1-11-8-15(2)9-13(17(11)10-16)7-12-5-3-4-6-14(12)15/h3-6,11,13H,7-9H2,1-2H3/t11-,13+,15-/m1/s1. The first-order valence-corrected chi connectivity index (χ1v) is 6.40. The maximum atomic E-state index is 9.28. The fourth-order valence-corrected chi connectivity index (χ4v) is 3.92. The number of likely N-dealkylation sites (tertiary alicyclic amines) is 1. The summed E-state index contributed by atoms with van der Waals surface area (Å²) in [4.78, 5) is 2.01. The van der Waals surface area contributed by atoms with Crippen LogP contribution in [0.25, 0.3) is 0 Å². The highest BCUT2D eigenvalue weighted by molar-refractivity contribution is 5.39. The van der Waals surface area contributed by atoms with Crippen molar-refractivity contribution in [1.29, 1.82) is 5.26 Å². The van der Waals surface area contributed by atoms with Crippen LogP contribution in [0.2, 0.25) is 0 Å². The summed E-state index contributed by atoms with van der Waals surface area (Å²) >= 11 is 0. The smallest absolute Gasteiger partial charge is 0.179 e. The molecule has 0 unspecified atom stereocenters. The van der Waals surface area contributed by atoms with Crippen molar-refractivity contribution in [2.24, 2.45) is 0 Å². The van der Waals surface area contributed by atoms with Gasteiger partial charge in [-0.15, -0.1) is 0 Å². The van der Waals surface area contributed by atoms with Crippen molar-refractivity contribution in [2.45, 2.75) is 50.6 Å². The van der Waals surface area contributed by atoms with Crippen molar-refractivity contribution in [3.05, 3.63) is 35.4 Å². The molecule has 0 spiro atoms. The highest BCUT2D eigenvalue weighted by atomic mass is 15.2. The van der Waals surface area contributed by atoms with E-state index in [1.165, 1.54) is 11.1 Å². The van der Waals surface area contributed by atoms with Gasteiger partial charge in [-0.25, -0.2) is 0 Å². The SMILES string of the molecule is C[C@@H]1C[C@]2(C)C[C@H](Cc3ccccc32)N1C#N. The monoisotopic (exact) mass is 226 g/mol. The molecule has 3 rings (SSSR count). The summed E-state index contributed by atoms with van der Waals surface area (Å²) in [6.45, 7) is 4.55. The predicted molar refractivity (Wildman–Crippen MR) is 67.4 cm³/mol. The van der Waals surface area contributed by atoms with Gasteiger partial charge >= 0.3 is 0 Å². The molecule has 0 radical (unpaired) electrons. The number of nitriles is 1. The molecule has 2 aliphatic rings. The van der Waals surface area contributed by atoms with Crippen molar-refractivity contribution < 1.29 is 0 Å². The lowest BCUT2D eigenvalue weighted by molar-refractivity contribution is 0.0907. The Balaban J connectivity index is 2.09. The van der Waals surface area contributed by atoms with Crippen LogP contribution < -0.4 is 0 Å². The Morgan fingerprint density at radius 1 is 1.35 bits per heavy atom. The van der Waals surface area contributed by atoms with Crippen LogP contribution in [0.5, 0.6) is 0 Å². The minimum Gasteiger partial charge on any atom is -0.304 e. The molecule has 1 heterocycles. The summed E-state index contributed by atoms with van der Waals surface area (Å²) in [5.74, 6) is 0. The maximum Gasteiger partial charge on any atom is 0.179 e. The lowest BCUT2D eigenvalue weighted by Crippen LogP contribution is -2.54. The second kappa shape index (κ2) is 3.50. The molecule has 17 heavy (non-hydrogen) atoms. The maximum absolute atomic E-state index is 9.28. The number of nitrogens with zero attached hydrogens (tertiary/aromatic N) is 2. The van der Waals surface area contributed by atoms with Gasteiger partial charge in [0, 0.05) is 12.1 Å². The van der Waals surface area contributed by atoms with E-state index in [4.69, 9.17) is 0 Å². The van der Waals surface area contributed by atoms with Crippen LogP contribution >= 0.6 is 0 Å². The Morgan fingerprint density at radius 2 is 2.12 bits per heavy atom. The molecule has 1 fully saturated rings. The van der Waals surface area contributed by atoms with E-state index in [1.807, 2.05) is 4.90 Å². The van der Waals surface area contributed by atoms with Crippen molar-refractivity contribution in [3.8, 4) is 6.19 Å². The third-order valence-corrected chi connectivity index (χ3v) is 4.54. The van der Waals surface area contributed by atoms with Crippen molar-refractivity contribution >= 4 is 0 Å². The van der Waals surface area contributed by atoms with Crippen molar-refractivity contribution in [3.63, 3.8) is 0 Å². The van der Waals surface area contributed by atoms with Crippen LogP contribution in [-0.2, 0) is 11.8 Å². The number of hydrogen-bond acceptors (Lipinski definition) is 2. The van der Waals surface area contributed by atoms with Crippen molar-refractivity contribution in [1.82, 2.24) is 4.90 Å². The van der Waals surface area contributed by atoms with Gasteiger partial charge in [0.25, 0.3) is 0 Å². The average Bonchev–Trinajstić information content (AvgIpc) is 2.28. The molecule has 2 nitrogen and oxygen atoms in total. The molecule has 0 aromatic heterocycles. The summed E-state index contributed by atoms with van der Waals surface area (Å²) < 4.78 is 0. The predicted octanol–water partition coefficient (Wildman–Crippen LogP) is 2.83. The topological polar surface area (TPSA) is 27.0 Å². The number of rotatable bonds is 0. The number of piperidine rings is 1. The minimum absolute atomic E-state index is 0.270. The van der Waals surface area contributed by atoms with Crippen LogP contribution in [-0.4, -0.2) is 17.0 Å². The van der Waals surface area contributed by atoms with E-state index in [9.17, 15) is 5.26 Å². The molecule has 1 aromatic rings. The Morgan fingerprint density at radius 3 is 2.88 bits per heavy atom. The molecule has 3 atom stereocenters. The van der Waals surface area contributed by atoms with E-state index in [0.717, 1.165) is 19.3 Å². The molecule has 1 aliphatic carbocycles. The molecule has 2 bridgehead atoms. The second-order valence-electron chi connectivity index (χ2n) is 5.84. The molecule has 2 heteroatoms. The van der Waals surface area contributed by atoms with Gasteiger partial charge < -0.3 is 4.90 Å². The highest BCUT2D eigenvalue weighted by Gasteiger charge is 2.45. The molecule has 0 amide bonds. The lowest BCUT2D eigenvalue weighted by atomic mass is 9.63. The Hall–Kier alpha value is -1.49. The molecular weight excluding hydrogens is 208 g/mol. The molecule has 1 saturated heterocycles. The van der Waals surface area contributed by atoms with Gasteiger partial charge in [0.2, 0.25) is 0 Å². The first kappa shape index (κ1) is 10.7. The van der Waals surface area contributed by atoms with Gasteiger partial charge in [-0.1, -0.05) is 31.2 Å². The summed E-state index contributed by atoms with van der Waals surface area (Å²) in [6.07, 6.45) is 5.64.